The fourth-order valence-electron chi connectivity index (χ4n) is 1.80. The number of aromatic nitrogens is 1. The molecule has 0 radical (unpaired) electrons. The number of pyridine rings is 1. The number of alkyl halides is 3. The Morgan fingerprint density at radius 2 is 1.85 bits per heavy atom. The van der Waals surface area contributed by atoms with Crippen LogP contribution in [0.4, 0.5) is 18.9 Å². The molecule has 1 heterocycles. The molecule has 1 atom stereocenters. The Bertz CT molecular complexity index is 582. The minimum Gasteiger partial charge on any atom is -0.377 e. The molecule has 2 rings (SSSR count). The zero-order valence-electron chi connectivity index (χ0n) is 10.6. The number of rotatable bonds is 3. The molecule has 1 aromatic heterocycles. The molecule has 0 aliphatic heterocycles. The fourth-order valence-corrected chi connectivity index (χ4v) is 2.10. The van der Waals surface area contributed by atoms with Crippen LogP contribution in [0.3, 0.4) is 0 Å². The van der Waals surface area contributed by atoms with Crippen molar-refractivity contribution in [3.63, 3.8) is 0 Å². The van der Waals surface area contributed by atoms with Crippen LogP contribution in [-0.2, 0) is 6.18 Å². The van der Waals surface area contributed by atoms with E-state index in [1.54, 1.807) is 6.07 Å². The molecular formula is C14H12ClF3N2. The summed E-state index contributed by atoms with van der Waals surface area (Å²) in [5.74, 6) is 0. The Morgan fingerprint density at radius 3 is 2.40 bits per heavy atom. The van der Waals surface area contributed by atoms with E-state index in [4.69, 9.17) is 11.6 Å². The normalized spacial score (nSPS) is 13.1. The lowest BCUT2D eigenvalue weighted by molar-refractivity contribution is -0.141. The monoisotopic (exact) mass is 300 g/mol. The molecule has 0 aliphatic rings. The third-order valence-corrected chi connectivity index (χ3v) is 3.15. The highest BCUT2D eigenvalue weighted by atomic mass is 35.5. The number of anilines is 1. The molecule has 0 amide bonds. The van der Waals surface area contributed by atoms with Gasteiger partial charge in [-0.1, -0.05) is 29.8 Å². The Balaban J connectivity index is 2.13. The van der Waals surface area contributed by atoms with Crippen molar-refractivity contribution in [1.82, 2.24) is 4.98 Å². The highest BCUT2D eigenvalue weighted by molar-refractivity contribution is 6.31. The van der Waals surface area contributed by atoms with E-state index in [1.165, 1.54) is 6.07 Å². The van der Waals surface area contributed by atoms with Gasteiger partial charge in [-0.05, 0) is 30.7 Å². The van der Waals surface area contributed by atoms with Gasteiger partial charge in [-0.15, -0.1) is 0 Å². The topological polar surface area (TPSA) is 24.9 Å². The average molecular weight is 301 g/mol. The molecular weight excluding hydrogens is 289 g/mol. The van der Waals surface area contributed by atoms with Gasteiger partial charge in [-0.3, -0.25) is 0 Å². The minimum absolute atomic E-state index is 0.137. The Kier molecular flexibility index (Phi) is 4.18. The summed E-state index contributed by atoms with van der Waals surface area (Å²) >= 11 is 6.07. The number of hydrogen-bond acceptors (Lipinski definition) is 2. The highest BCUT2D eigenvalue weighted by Crippen LogP contribution is 2.29. The van der Waals surface area contributed by atoms with Gasteiger partial charge in [0.15, 0.2) is 0 Å². The van der Waals surface area contributed by atoms with E-state index in [1.807, 2.05) is 25.1 Å². The second kappa shape index (κ2) is 5.71. The van der Waals surface area contributed by atoms with Gasteiger partial charge in [0.25, 0.3) is 0 Å². The fraction of sp³-hybridized carbons (Fsp3) is 0.214. The van der Waals surface area contributed by atoms with Crippen molar-refractivity contribution >= 4 is 17.3 Å². The zero-order chi connectivity index (χ0) is 14.8. The first-order valence-electron chi connectivity index (χ1n) is 5.92. The lowest BCUT2D eigenvalue weighted by Gasteiger charge is -2.17. The SMILES string of the molecule is CC(Nc1ccc(C(F)(F)F)nc1)c1ccccc1Cl. The molecule has 2 nitrogen and oxygen atoms in total. The third kappa shape index (κ3) is 3.42. The van der Waals surface area contributed by atoms with E-state index in [0.29, 0.717) is 10.7 Å². The van der Waals surface area contributed by atoms with Crippen LogP contribution >= 0.6 is 11.6 Å². The molecule has 0 fully saturated rings. The van der Waals surface area contributed by atoms with Crippen LogP contribution in [0.5, 0.6) is 0 Å². The lowest BCUT2D eigenvalue weighted by Crippen LogP contribution is -2.10. The maximum atomic E-state index is 12.4. The van der Waals surface area contributed by atoms with Crippen LogP contribution in [-0.4, -0.2) is 4.98 Å². The van der Waals surface area contributed by atoms with E-state index in [2.05, 4.69) is 10.3 Å². The number of hydrogen-bond donors (Lipinski definition) is 1. The predicted octanol–water partition coefficient (Wildman–Crippen LogP) is 4.93. The largest absolute Gasteiger partial charge is 0.433 e. The quantitative estimate of drug-likeness (QED) is 0.869. The number of nitrogens with zero attached hydrogens (tertiary/aromatic N) is 1. The van der Waals surface area contributed by atoms with E-state index in [-0.39, 0.29) is 6.04 Å². The summed E-state index contributed by atoms with van der Waals surface area (Å²) < 4.78 is 37.2. The van der Waals surface area contributed by atoms with Crippen molar-refractivity contribution in [3.05, 3.63) is 58.9 Å². The van der Waals surface area contributed by atoms with Crippen molar-refractivity contribution in [2.75, 3.05) is 5.32 Å². The molecule has 0 bridgehead atoms. The van der Waals surface area contributed by atoms with Gasteiger partial charge < -0.3 is 5.32 Å². The predicted molar refractivity (Wildman–Crippen MR) is 72.7 cm³/mol. The van der Waals surface area contributed by atoms with E-state index in [0.717, 1.165) is 17.8 Å². The van der Waals surface area contributed by atoms with Crippen molar-refractivity contribution in [3.8, 4) is 0 Å². The van der Waals surface area contributed by atoms with Crippen LogP contribution in [0.1, 0.15) is 24.2 Å². The van der Waals surface area contributed by atoms with E-state index in [9.17, 15) is 13.2 Å². The van der Waals surface area contributed by atoms with Gasteiger partial charge in [0.1, 0.15) is 5.69 Å². The summed E-state index contributed by atoms with van der Waals surface area (Å²) in [6.45, 7) is 1.87. The first-order valence-corrected chi connectivity index (χ1v) is 6.30. The zero-order valence-corrected chi connectivity index (χ0v) is 11.3. The molecule has 1 aromatic carbocycles. The first-order chi connectivity index (χ1) is 9.38. The number of benzene rings is 1. The third-order valence-electron chi connectivity index (χ3n) is 2.81. The Hall–Kier alpha value is -1.75. The summed E-state index contributed by atoms with van der Waals surface area (Å²) in [5, 5.41) is 3.67. The Labute approximate surface area is 119 Å². The molecule has 1 unspecified atom stereocenters. The van der Waals surface area contributed by atoms with Crippen LogP contribution in [0.15, 0.2) is 42.6 Å². The second-order valence-electron chi connectivity index (χ2n) is 4.32. The molecule has 0 saturated carbocycles. The van der Waals surface area contributed by atoms with Crippen molar-refractivity contribution < 1.29 is 13.2 Å². The van der Waals surface area contributed by atoms with Crippen LogP contribution in [0, 0.1) is 0 Å². The van der Waals surface area contributed by atoms with E-state index < -0.39 is 11.9 Å². The second-order valence-corrected chi connectivity index (χ2v) is 4.72. The maximum absolute atomic E-state index is 12.4. The molecule has 6 heteroatoms. The average Bonchev–Trinajstić information content (AvgIpc) is 2.38. The molecule has 106 valence electrons. The lowest BCUT2D eigenvalue weighted by atomic mass is 10.1. The summed E-state index contributed by atoms with van der Waals surface area (Å²) in [6, 6.07) is 9.45. The maximum Gasteiger partial charge on any atom is 0.433 e. The van der Waals surface area contributed by atoms with Gasteiger partial charge in [0.05, 0.1) is 17.9 Å². The Morgan fingerprint density at radius 1 is 1.15 bits per heavy atom. The summed E-state index contributed by atoms with van der Waals surface area (Å²) in [5.41, 5.74) is 0.466. The number of nitrogens with one attached hydrogen (secondary N) is 1. The number of halogens is 4. The molecule has 0 spiro atoms. The van der Waals surface area contributed by atoms with Gasteiger partial charge in [0.2, 0.25) is 0 Å². The van der Waals surface area contributed by atoms with Gasteiger partial charge in [-0.25, -0.2) is 4.98 Å². The molecule has 1 N–H and O–H groups in total. The van der Waals surface area contributed by atoms with Crippen LogP contribution in [0.25, 0.3) is 0 Å². The molecule has 0 saturated heterocycles. The van der Waals surface area contributed by atoms with Crippen molar-refractivity contribution in [2.45, 2.75) is 19.1 Å². The molecule has 20 heavy (non-hydrogen) atoms. The smallest absolute Gasteiger partial charge is 0.377 e. The highest BCUT2D eigenvalue weighted by Gasteiger charge is 2.32. The summed E-state index contributed by atoms with van der Waals surface area (Å²) in [7, 11) is 0. The molecule has 0 aliphatic carbocycles. The standard InChI is InChI=1S/C14H12ClF3N2/c1-9(11-4-2-3-5-12(11)15)20-10-6-7-13(19-8-10)14(16,17)18/h2-9,20H,1H3. The van der Waals surface area contributed by atoms with E-state index >= 15 is 0 Å². The molecule has 2 aromatic rings. The van der Waals surface area contributed by atoms with Crippen molar-refractivity contribution in [2.24, 2.45) is 0 Å². The van der Waals surface area contributed by atoms with Gasteiger partial charge in [0, 0.05) is 5.02 Å². The van der Waals surface area contributed by atoms with Gasteiger partial charge >= 0.3 is 6.18 Å². The summed E-state index contributed by atoms with van der Waals surface area (Å²) in [6.07, 6.45) is -3.26. The van der Waals surface area contributed by atoms with Crippen LogP contribution < -0.4 is 5.32 Å². The first kappa shape index (κ1) is 14.7. The van der Waals surface area contributed by atoms with Gasteiger partial charge in [-0.2, -0.15) is 13.2 Å². The van der Waals surface area contributed by atoms with Crippen LogP contribution in [0.2, 0.25) is 5.02 Å². The summed E-state index contributed by atoms with van der Waals surface area (Å²) in [4.78, 5) is 3.40. The minimum atomic E-state index is -4.42. The van der Waals surface area contributed by atoms with Crippen molar-refractivity contribution in [1.29, 1.82) is 0 Å².